The molecule has 0 radical (unpaired) electrons. The van der Waals surface area contributed by atoms with E-state index in [0.29, 0.717) is 18.4 Å². The number of anilines is 2. The van der Waals surface area contributed by atoms with E-state index in [0.717, 1.165) is 49.2 Å². The first kappa shape index (κ1) is 12.5. The molecular formula is C15H21N3O. The summed E-state index contributed by atoms with van der Waals surface area (Å²) in [4.78, 5) is 14.1. The molecule has 2 aliphatic rings. The van der Waals surface area contributed by atoms with Crippen LogP contribution in [0.15, 0.2) is 18.2 Å². The fourth-order valence-electron chi connectivity index (χ4n) is 3.23. The third kappa shape index (κ3) is 2.45. The van der Waals surface area contributed by atoms with Crippen molar-refractivity contribution >= 4 is 17.3 Å². The highest BCUT2D eigenvalue weighted by Gasteiger charge is 2.30. The molecule has 3 rings (SSSR count). The van der Waals surface area contributed by atoms with E-state index in [1.54, 1.807) is 0 Å². The Hall–Kier alpha value is -1.55. The highest BCUT2D eigenvalue weighted by Crippen LogP contribution is 2.33. The van der Waals surface area contributed by atoms with Crippen molar-refractivity contribution in [2.75, 3.05) is 17.2 Å². The third-order valence-electron chi connectivity index (χ3n) is 4.37. The van der Waals surface area contributed by atoms with Gasteiger partial charge in [-0.2, -0.15) is 0 Å². The zero-order valence-electron chi connectivity index (χ0n) is 11.1. The molecule has 0 aromatic heterocycles. The van der Waals surface area contributed by atoms with Crippen LogP contribution in [0.1, 0.15) is 31.2 Å². The Bertz CT molecular complexity index is 492. The van der Waals surface area contributed by atoms with Crippen molar-refractivity contribution in [1.29, 1.82) is 0 Å². The summed E-state index contributed by atoms with van der Waals surface area (Å²) in [5.74, 6) is 0.794. The number of nitrogen functional groups attached to an aromatic ring is 1. The van der Waals surface area contributed by atoms with Gasteiger partial charge in [0.05, 0.1) is 6.42 Å². The molecule has 1 aliphatic carbocycles. The molecule has 4 nitrogen and oxygen atoms in total. The first-order chi connectivity index (χ1) is 9.13. The first-order valence-corrected chi connectivity index (χ1v) is 7.08. The number of carbonyl (C=O) groups is 1. The molecule has 1 amide bonds. The second-order valence-electron chi connectivity index (χ2n) is 5.85. The molecular weight excluding hydrogens is 238 g/mol. The van der Waals surface area contributed by atoms with Crippen molar-refractivity contribution in [2.45, 2.75) is 38.1 Å². The minimum absolute atomic E-state index is 0.204. The van der Waals surface area contributed by atoms with Crippen LogP contribution in [0.4, 0.5) is 11.4 Å². The average Bonchev–Trinajstić information content (AvgIpc) is 2.68. The molecule has 1 aromatic carbocycles. The number of nitrogens with two attached hydrogens (primary N) is 2. The van der Waals surface area contributed by atoms with Crippen molar-refractivity contribution < 1.29 is 4.79 Å². The topological polar surface area (TPSA) is 72.4 Å². The van der Waals surface area contributed by atoms with Gasteiger partial charge in [0.25, 0.3) is 0 Å². The van der Waals surface area contributed by atoms with Crippen molar-refractivity contribution in [1.82, 2.24) is 0 Å². The molecule has 4 N–H and O–H groups in total. The lowest BCUT2D eigenvalue weighted by atomic mass is 9.86. The number of amides is 1. The van der Waals surface area contributed by atoms with Crippen LogP contribution < -0.4 is 16.4 Å². The Labute approximate surface area is 113 Å². The Morgan fingerprint density at radius 1 is 1.21 bits per heavy atom. The number of carbonyl (C=O) groups excluding carboxylic acids is 1. The van der Waals surface area contributed by atoms with Crippen LogP contribution in [0.25, 0.3) is 0 Å². The monoisotopic (exact) mass is 259 g/mol. The summed E-state index contributed by atoms with van der Waals surface area (Å²) in [6.45, 7) is 0.836. The van der Waals surface area contributed by atoms with E-state index in [1.807, 2.05) is 23.1 Å². The molecule has 19 heavy (non-hydrogen) atoms. The fourth-order valence-corrected chi connectivity index (χ4v) is 3.23. The maximum absolute atomic E-state index is 12.1. The molecule has 0 spiro atoms. The van der Waals surface area contributed by atoms with Crippen molar-refractivity contribution in [3.8, 4) is 0 Å². The number of benzene rings is 1. The summed E-state index contributed by atoms with van der Waals surface area (Å²) < 4.78 is 0. The molecule has 102 valence electrons. The summed E-state index contributed by atoms with van der Waals surface area (Å²) in [5, 5.41) is 0. The van der Waals surface area contributed by atoms with Gasteiger partial charge in [0.1, 0.15) is 0 Å². The second-order valence-corrected chi connectivity index (χ2v) is 5.85. The zero-order chi connectivity index (χ0) is 13.4. The van der Waals surface area contributed by atoms with E-state index < -0.39 is 0 Å². The highest BCUT2D eigenvalue weighted by molar-refractivity contribution is 6.01. The standard InChI is InChI=1S/C15H21N3O/c16-12-3-1-10(2-4-12)9-18-14-6-5-13(17)7-11(14)8-15(18)19/h5-7,10,12H,1-4,8-9,16-17H2. The van der Waals surface area contributed by atoms with Crippen LogP contribution in [-0.4, -0.2) is 18.5 Å². The fraction of sp³-hybridized carbons (Fsp3) is 0.533. The summed E-state index contributed by atoms with van der Waals surface area (Å²) in [6.07, 6.45) is 4.93. The van der Waals surface area contributed by atoms with Crippen LogP contribution >= 0.6 is 0 Å². The van der Waals surface area contributed by atoms with Gasteiger partial charge in [-0.05, 0) is 55.4 Å². The van der Waals surface area contributed by atoms with Gasteiger partial charge in [-0.25, -0.2) is 0 Å². The van der Waals surface area contributed by atoms with Crippen LogP contribution in [0.3, 0.4) is 0 Å². The molecule has 1 fully saturated rings. The summed E-state index contributed by atoms with van der Waals surface area (Å²) in [6, 6.07) is 6.13. The van der Waals surface area contributed by atoms with Gasteiger partial charge in [-0.3, -0.25) is 4.79 Å². The second kappa shape index (κ2) is 4.85. The largest absolute Gasteiger partial charge is 0.399 e. The normalized spacial score (nSPS) is 26.6. The van der Waals surface area contributed by atoms with Gasteiger partial charge in [-0.15, -0.1) is 0 Å². The SMILES string of the molecule is Nc1ccc2c(c1)CC(=O)N2CC1CCC(N)CC1. The molecule has 0 bridgehead atoms. The lowest BCUT2D eigenvalue weighted by Gasteiger charge is -2.30. The average molecular weight is 259 g/mol. The molecule has 1 heterocycles. The molecule has 0 saturated heterocycles. The molecule has 1 saturated carbocycles. The molecule has 0 atom stereocenters. The maximum Gasteiger partial charge on any atom is 0.231 e. The molecule has 0 unspecified atom stereocenters. The van der Waals surface area contributed by atoms with Gasteiger partial charge in [-0.1, -0.05) is 0 Å². The number of rotatable bonds is 2. The predicted molar refractivity (Wildman–Crippen MR) is 76.8 cm³/mol. The van der Waals surface area contributed by atoms with E-state index in [1.165, 1.54) is 0 Å². The minimum atomic E-state index is 0.204. The molecule has 4 heteroatoms. The van der Waals surface area contributed by atoms with Crippen molar-refractivity contribution in [3.05, 3.63) is 23.8 Å². The number of hydrogen-bond donors (Lipinski definition) is 2. The lowest BCUT2D eigenvalue weighted by molar-refractivity contribution is -0.117. The smallest absolute Gasteiger partial charge is 0.231 e. The van der Waals surface area contributed by atoms with E-state index in [9.17, 15) is 4.79 Å². The summed E-state index contributed by atoms with van der Waals surface area (Å²) in [7, 11) is 0. The highest BCUT2D eigenvalue weighted by atomic mass is 16.2. The van der Waals surface area contributed by atoms with Crippen LogP contribution in [-0.2, 0) is 11.2 Å². The van der Waals surface area contributed by atoms with Crippen LogP contribution in [0, 0.1) is 5.92 Å². The van der Waals surface area contributed by atoms with Gasteiger partial charge >= 0.3 is 0 Å². The van der Waals surface area contributed by atoms with Crippen molar-refractivity contribution in [3.63, 3.8) is 0 Å². The van der Waals surface area contributed by atoms with Crippen LogP contribution in [0.5, 0.6) is 0 Å². The minimum Gasteiger partial charge on any atom is -0.399 e. The van der Waals surface area contributed by atoms with E-state index in [2.05, 4.69) is 0 Å². The van der Waals surface area contributed by atoms with Gasteiger partial charge in [0, 0.05) is 24.0 Å². The van der Waals surface area contributed by atoms with E-state index >= 15 is 0 Å². The molecule has 1 aromatic rings. The zero-order valence-corrected chi connectivity index (χ0v) is 11.1. The summed E-state index contributed by atoms with van der Waals surface area (Å²) >= 11 is 0. The Kier molecular flexibility index (Phi) is 3.19. The number of fused-ring (bicyclic) bond motifs is 1. The maximum atomic E-state index is 12.1. The Balaban J connectivity index is 1.73. The van der Waals surface area contributed by atoms with E-state index in [-0.39, 0.29) is 5.91 Å². The quantitative estimate of drug-likeness (QED) is 0.794. The predicted octanol–water partition coefficient (Wildman–Crippen LogP) is 1.68. The van der Waals surface area contributed by atoms with Gasteiger partial charge < -0.3 is 16.4 Å². The number of nitrogens with zero attached hydrogens (tertiary/aromatic N) is 1. The molecule has 1 aliphatic heterocycles. The number of hydrogen-bond acceptors (Lipinski definition) is 3. The Morgan fingerprint density at radius 2 is 1.95 bits per heavy atom. The van der Waals surface area contributed by atoms with Crippen molar-refractivity contribution in [2.24, 2.45) is 11.7 Å². The van der Waals surface area contributed by atoms with Crippen LogP contribution in [0.2, 0.25) is 0 Å². The Morgan fingerprint density at radius 3 is 2.68 bits per heavy atom. The first-order valence-electron chi connectivity index (χ1n) is 7.08. The summed E-state index contributed by atoms with van der Waals surface area (Å²) in [5.41, 5.74) is 14.6. The van der Waals surface area contributed by atoms with E-state index in [4.69, 9.17) is 11.5 Å². The van der Waals surface area contributed by atoms with Gasteiger partial charge in [0.2, 0.25) is 5.91 Å². The van der Waals surface area contributed by atoms with Gasteiger partial charge in [0.15, 0.2) is 0 Å². The third-order valence-corrected chi connectivity index (χ3v) is 4.37. The lowest BCUT2D eigenvalue weighted by Crippen LogP contribution is -2.36.